The quantitative estimate of drug-likeness (QED) is 0.812. The summed E-state index contributed by atoms with van der Waals surface area (Å²) in [5.74, 6) is 0.705. The highest BCUT2D eigenvalue weighted by Crippen LogP contribution is 2.23. The van der Waals surface area contributed by atoms with Gasteiger partial charge in [0.05, 0.1) is 0 Å². The summed E-state index contributed by atoms with van der Waals surface area (Å²) in [4.78, 5) is 17.9. The van der Waals surface area contributed by atoms with Gasteiger partial charge >= 0.3 is 0 Å². The van der Waals surface area contributed by atoms with E-state index in [-0.39, 0.29) is 11.9 Å². The summed E-state index contributed by atoms with van der Waals surface area (Å²) in [6.45, 7) is 0.764. The molecule has 1 unspecified atom stereocenters. The number of aromatic nitrogens is 3. The van der Waals surface area contributed by atoms with Crippen molar-refractivity contribution in [1.82, 2.24) is 19.7 Å². The highest BCUT2D eigenvalue weighted by molar-refractivity contribution is 5.82. The number of hydrogen-bond donors (Lipinski definition) is 1. The maximum Gasteiger partial charge on any atom is 0.247 e. The summed E-state index contributed by atoms with van der Waals surface area (Å²) >= 11 is 0. The van der Waals surface area contributed by atoms with E-state index < -0.39 is 0 Å². The molecule has 2 heterocycles. The SMILES string of the molecule is CN1CCC(n2cnc(-c3ccc(N)cc3)n2)C1=O. The summed E-state index contributed by atoms with van der Waals surface area (Å²) in [5, 5.41) is 4.39. The largest absolute Gasteiger partial charge is 0.399 e. The van der Waals surface area contributed by atoms with E-state index >= 15 is 0 Å². The molecule has 98 valence electrons. The fourth-order valence-corrected chi connectivity index (χ4v) is 2.24. The number of anilines is 1. The van der Waals surface area contributed by atoms with Gasteiger partial charge in [-0.3, -0.25) is 4.79 Å². The molecule has 1 amide bonds. The number of likely N-dealkylation sites (N-methyl/N-ethyl adjacent to an activating group) is 1. The molecule has 2 aromatic rings. The molecule has 0 radical (unpaired) electrons. The average molecular weight is 257 g/mol. The number of benzene rings is 1. The van der Waals surface area contributed by atoms with Crippen LogP contribution >= 0.6 is 0 Å². The van der Waals surface area contributed by atoms with E-state index in [0.717, 1.165) is 18.5 Å². The van der Waals surface area contributed by atoms with Crippen LogP contribution in [-0.2, 0) is 4.79 Å². The number of carbonyl (C=O) groups is 1. The van der Waals surface area contributed by atoms with Crippen molar-refractivity contribution in [1.29, 1.82) is 0 Å². The van der Waals surface area contributed by atoms with Crippen LogP contribution in [0.4, 0.5) is 5.69 Å². The lowest BCUT2D eigenvalue weighted by Crippen LogP contribution is -2.24. The Kier molecular flexibility index (Phi) is 2.70. The first kappa shape index (κ1) is 11.7. The van der Waals surface area contributed by atoms with Crippen LogP contribution in [0.1, 0.15) is 12.5 Å². The fourth-order valence-electron chi connectivity index (χ4n) is 2.24. The van der Waals surface area contributed by atoms with E-state index in [0.29, 0.717) is 11.5 Å². The lowest BCUT2D eigenvalue weighted by Gasteiger charge is -2.09. The second-order valence-corrected chi connectivity index (χ2v) is 4.73. The number of nitrogen functional groups attached to an aromatic ring is 1. The molecular formula is C13H15N5O. The molecule has 0 spiro atoms. The summed E-state index contributed by atoms with van der Waals surface area (Å²) in [5.41, 5.74) is 7.25. The van der Waals surface area contributed by atoms with Crippen molar-refractivity contribution in [2.45, 2.75) is 12.5 Å². The van der Waals surface area contributed by atoms with Crippen molar-refractivity contribution >= 4 is 11.6 Å². The standard InChI is InChI=1S/C13H15N5O/c1-17-7-6-11(13(17)19)18-8-15-12(16-18)9-2-4-10(14)5-3-9/h2-5,8,11H,6-7,14H2,1H3. The van der Waals surface area contributed by atoms with E-state index in [2.05, 4.69) is 10.1 Å². The molecule has 3 rings (SSSR count). The summed E-state index contributed by atoms with van der Waals surface area (Å²) < 4.78 is 1.65. The van der Waals surface area contributed by atoms with Crippen molar-refractivity contribution in [3.05, 3.63) is 30.6 Å². The van der Waals surface area contributed by atoms with Crippen molar-refractivity contribution < 1.29 is 4.79 Å². The van der Waals surface area contributed by atoms with Gasteiger partial charge in [0.15, 0.2) is 5.82 Å². The molecule has 19 heavy (non-hydrogen) atoms. The molecule has 1 aliphatic rings. The van der Waals surface area contributed by atoms with Gasteiger partial charge in [0.1, 0.15) is 12.4 Å². The first-order valence-electron chi connectivity index (χ1n) is 6.17. The van der Waals surface area contributed by atoms with Crippen LogP contribution in [0.25, 0.3) is 11.4 Å². The molecule has 6 nitrogen and oxygen atoms in total. The van der Waals surface area contributed by atoms with Gasteiger partial charge in [-0.05, 0) is 30.7 Å². The molecule has 1 aromatic heterocycles. The second-order valence-electron chi connectivity index (χ2n) is 4.73. The molecule has 6 heteroatoms. The third kappa shape index (κ3) is 2.05. The van der Waals surface area contributed by atoms with E-state index in [9.17, 15) is 4.79 Å². The number of nitrogens with two attached hydrogens (primary N) is 1. The number of amides is 1. The Hall–Kier alpha value is -2.37. The van der Waals surface area contributed by atoms with Crippen LogP contribution < -0.4 is 5.73 Å². The molecule has 1 atom stereocenters. The lowest BCUT2D eigenvalue weighted by atomic mass is 10.2. The summed E-state index contributed by atoms with van der Waals surface area (Å²) in [7, 11) is 1.81. The van der Waals surface area contributed by atoms with Crippen LogP contribution in [0.3, 0.4) is 0 Å². The van der Waals surface area contributed by atoms with Crippen molar-refractivity contribution in [3.8, 4) is 11.4 Å². The van der Waals surface area contributed by atoms with Crippen LogP contribution in [0.15, 0.2) is 30.6 Å². The average Bonchev–Trinajstić information content (AvgIpc) is 2.99. The number of likely N-dealkylation sites (tertiary alicyclic amines) is 1. The maximum atomic E-state index is 11.9. The van der Waals surface area contributed by atoms with Gasteiger partial charge in [0.2, 0.25) is 5.91 Å². The third-order valence-corrected chi connectivity index (χ3v) is 3.40. The van der Waals surface area contributed by atoms with Crippen molar-refractivity contribution in [3.63, 3.8) is 0 Å². The van der Waals surface area contributed by atoms with Gasteiger partial charge < -0.3 is 10.6 Å². The Morgan fingerprint density at radius 1 is 1.32 bits per heavy atom. The van der Waals surface area contributed by atoms with Crippen LogP contribution in [0.2, 0.25) is 0 Å². The minimum absolute atomic E-state index is 0.0914. The van der Waals surface area contributed by atoms with E-state index in [1.54, 1.807) is 23.0 Å². The highest BCUT2D eigenvalue weighted by Gasteiger charge is 2.31. The molecule has 1 aromatic carbocycles. The Morgan fingerprint density at radius 2 is 2.05 bits per heavy atom. The van der Waals surface area contributed by atoms with Gasteiger partial charge in [-0.2, -0.15) is 5.10 Å². The second kappa shape index (κ2) is 4.38. The van der Waals surface area contributed by atoms with Gasteiger partial charge in [0, 0.05) is 24.8 Å². The van der Waals surface area contributed by atoms with E-state index in [4.69, 9.17) is 5.73 Å². The number of carbonyl (C=O) groups excluding carboxylic acids is 1. The smallest absolute Gasteiger partial charge is 0.247 e. The first-order valence-corrected chi connectivity index (χ1v) is 6.17. The zero-order valence-corrected chi connectivity index (χ0v) is 10.7. The normalized spacial score (nSPS) is 19.1. The summed E-state index contributed by atoms with van der Waals surface area (Å²) in [6.07, 6.45) is 2.40. The van der Waals surface area contributed by atoms with Crippen LogP contribution in [-0.4, -0.2) is 39.2 Å². The monoisotopic (exact) mass is 257 g/mol. The van der Waals surface area contributed by atoms with Crippen LogP contribution in [0.5, 0.6) is 0 Å². The Bertz CT molecular complexity index is 604. The Morgan fingerprint density at radius 3 is 2.68 bits per heavy atom. The van der Waals surface area contributed by atoms with Gasteiger partial charge in [-0.1, -0.05) is 0 Å². The zero-order chi connectivity index (χ0) is 13.4. The molecule has 1 fully saturated rings. The first-order chi connectivity index (χ1) is 9.15. The predicted molar refractivity (Wildman–Crippen MR) is 71.2 cm³/mol. The third-order valence-electron chi connectivity index (χ3n) is 3.40. The maximum absolute atomic E-state index is 11.9. The number of hydrogen-bond acceptors (Lipinski definition) is 4. The molecule has 1 saturated heterocycles. The minimum Gasteiger partial charge on any atom is -0.399 e. The van der Waals surface area contributed by atoms with Crippen molar-refractivity contribution in [2.75, 3.05) is 19.3 Å². The highest BCUT2D eigenvalue weighted by atomic mass is 16.2. The van der Waals surface area contributed by atoms with E-state index in [1.165, 1.54) is 0 Å². The van der Waals surface area contributed by atoms with Crippen molar-refractivity contribution in [2.24, 2.45) is 0 Å². The zero-order valence-electron chi connectivity index (χ0n) is 10.7. The number of rotatable bonds is 2. The fraction of sp³-hybridized carbons (Fsp3) is 0.308. The minimum atomic E-state index is -0.222. The molecule has 0 saturated carbocycles. The molecule has 2 N–H and O–H groups in total. The topological polar surface area (TPSA) is 77.0 Å². The van der Waals surface area contributed by atoms with Crippen LogP contribution in [0, 0.1) is 0 Å². The van der Waals surface area contributed by atoms with Gasteiger partial charge in [0.25, 0.3) is 0 Å². The molecular weight excluding hydrogens is 242 g/mol. The molecule has 0 aliphatic carbocycles. The summed E-state index contributed by atoms with van der Waals surface area (Å²) in [6, 6.07) is 7.14. The lowest BCUT2D eigenvalue weighted by molar-refractivity contribution is -0.129. The Labute approximate surface area is 110 Å². The molecule has 1 aliphatic heterocycles. The van der Waals surface area contributed by atoms with E-state index in [1.807, 2.05) is 24.3 Å². The Balaban J connectivity index is 1.87. The molecule has 0 bridgehead atoms. The number of nitrogens with zero attached hydrogens (tertiary/aromatic N) is 4. The van der Waals surface area contributed by atoms with Gasteiger partial charge in [-0.25, -0.2) is 9.67 Å². The van der Waals surface area contributed by atoms with Gasteiger partial charge in [-0.15, -0.1) is 0 Å². The predicted octanol–water partition coefficient (Wildman–Crippen LogP) is 0.930.